The molecule has 0 bridgehead atoms. The van der Waals surface area contributed by atoms with E-state index in [9.17, 15) is 0 Å². The average Bonchev–Trinajstić information content (AvgIpc) is 3.47. The minimum Gasteiger partial charge on any atom is -0.0688 e. The molecule has 4 aromatic carbocycles. The molecule has 0 saturated carbocycles. The van der Waals surface area contributed by atoms with E-state index >= 15 is 0 Å². The summed E-state index contributed by atoms with van der Waals surface area (Å²) in [7, 11) is -0.484. The van der Waals surface area contributed by atoms with Crippen molar-refractivity contribution in [3.63, 3.8) is 0 Å². The summed E-state index contributed by atoms with van der Waals surface area (Å²) in [4.78, 5) is 0. The maximum Gasteiger partial charge on any atom is 0.00880 e. The molecule has 2 aliphatic rings. The van der Waals surface area contributed by atoms with Gasteiger partial charge >= 0.3 is 0 Å². The molecular weight excluding hydrogens is 446 g/mol. The van der Waals surface area contributed by atoms with E-state index in [1.54, 1.807) is 21.7 Å². The molecule has 0 N–H and O–H groups in total. The number of fused-ring (bicyclic) bond motifs is 1. The molecule has 0 radical (unpaired) electrons. The first-order chi connectivity index (χ1) is 16.7. The Bertz CT molecular complexity index is 1210. The number of hydrogen-bond acceptors (Lipinski definition) is 0. The molecule has 0 nitrogen and oxygen atoms in total. The van der Waals surface area contributed by atoms with Gasteiger partial charge in [-0.05, 0) is 81.6 Å². The van der Waals surface area contributed by atoms with Crippen LogP contribution in [0.5, 0.6) is 0 Å². The fourth-order valence-corrected chi connectivity index (χ4v) is 14.0. The molecule has 2 heteroatoms. The Labute approximate surface area is 207 Å². The number of rotatable bonds is 4. The Morgan fingerprint density at radius 2 is 0.912 bits per heavy atom. The molecule has 4 aromatic rings. The highest BCUT2D eigenvalue weighted by Crippen LogP contribution is 2.70. The zero-order valence-corrected chi connectivity index (χ0v) is 22.1. The lowest BCUT2D eigenvalue weighted by molar-refractivity contribution is 0.765. The van der Waals surface area contributed by atoms with Crippen LogP contribution >= 0.6 is 15.8 Å². The van der Waals surface area contributed by atoms with Gasteiger partial charge in [-0.25, -0.2) is 0 Å². The van der Waals surface area contributed by atoms with E-state index in [0.29, 0.717) is 11.3 Å². The lowest BCUT2D eigenvalue weighted by atomic mass is 10.0. The summed E-state index contributed by atoms with van der Waals surface area (Å²) in [5, 5.41) is 6.31. The van der Waals surface area contributed by atoms with Gasteiger partial charge in [-0.15, -0.1) is 0 Å². The van der Waals surface area contributed by atoms with Gasteiger partial charge in [0.2, 0.25) is 0 Å². The fourth-order valence-electron chi connectivity index (χ4n) is 6.45. The highest BCUT2D eigenvalue weighted by Gasteiger charge is 2.42. The zero-order valence-electron chi connectivity index (χ0n) is 20.3. The van der Waals surface area contributed by atoms with E-state index < -0.39 is 0 Å². The van der Waals surface area contributed by atoms with Gasteiger partial charge in [0.25, 0.3) is 0 Å². The number of benzene rings is 4. The minimum absolute atomic E-state index is 0.132. The predicted octanol–water partition coefficient (Wildman–Crippen LogP) is 8.90. The van der Waals surface area contributed by atoms with Crippen molar-refractivity contribution in [1.29, 1.82) is 0 Å². The zero-order chi connectivity index (χ0) is 23.1. The Kier molecular flexibility index (Phi) is 6.32. The van der Waals surface area contributed by atoms with Crippen molar-refractivity contribution in [3.8, 4) is 0 Å². The molecule has 0 aromatic heterocycles. The maximum absolute atomic E-state index is 2.63. The van der Waals surface area contributed by atoms with Crippen LogP contribution in [0.2, 0.25) is 0 Å². The third-order valence-corrected chi connectivity index (χ3v) is 15.0. The van der Waals surface area contributed by atoms with Gasteiger partial charge in [0.05, 0.1) is 0 Å². The van der Waals surface area contributed by atoms with Crippen molar-refractivity contribution in [2.75, 3.05) is 0 Å². The quantitative estimate of drug-likeness (QED) is 0.256. The molecular formula is C32H34P2. The molecule has 2 aliphatic heterocycles. The molecule has 0 aliphatic carbocycles. The van der Waals surface area contributed by atoms with Gasteiger partial charge in [-0.2, -0.15) is 0 Å². The van der Waals surface area contributed by atoms with Gasteiger partial charge < -0.3 is 0 Å². The third-order valence-electron chi connectivity index (χ3n) is 8.10. The van der Waals surface area contributed by atoms with E-state index in [4.69, 9.17) is 0 Å². The second kappa shape index (κ2) is 9.57. The van der Waals surface area contributed by atoms with E-state index in [-0.39, 0.29) is 15.8 Å². The molecule has 34 heavy (non-hydrogen) atoms. The van der Waals surface area contributed by atoms with Gasteiger partial charge in [0.15, 0.2) is 0 Å². The monoisotopic (exact) mass is 480 g/mol. The smallest absolute Gasteiger partial charge is 0.00880 e. The van der Waals surface area contributed by atoms with Crippen LogP contribution in [0.3, 0.4) is 0 Å². The Morgan fingerprint density at radius 1 is 0.500 bits per heavy atom. The fraction of sp³-hybridized carbons (Fsp3) is 0.312. The van der Waals surface area contributed by atoms with E-state index in [2.05, 4.69) is 111 Å². The van der Waals surface area contributed by atoms with E-state index in [1.807, 2.05) is 0 Å². The van der Waals surface area contributed by atoms with Crippen LogP contribution in [0.4, 0.5) is 0 Å². The van der Waals surface area contributed by atoms with Crippen LogP contribution in [0, 0.1) is 0 Å². The van der Waals surface area contributed by atoms with Crippen LogP contribution in [0.15, 0.2) is 97.1 Å². The van der Waals surface area contributed by atoms with Gasteiger partial charge in [-0.3, -0.25) is 0 Å². The number of hydrogen-bond donors (Lipinski definition) is 0. The van der Waals surface area contributed by atoms with Gasteiger partial charge in [0, 0.05) is 11.3 Å². The maximum atomic E-state index is 2.63. The molecule has 0 spiro atoms. The molecule has 2 heterocycles. The Morgan fingerprint density at radius 3 is 1.38 bits per heavy atom. The van der Waals surface area contributed by atoms with Crippen LogP contribution in [-0.2, 0) is 0 Å². The first-order valence-corrected chi connectivity index (χ1v) is 15.9. The summed E-state index contributed by atoms with van der Waals surface area (Å²) in [6.07, 6.45) is 5.37. The van der Waals surface area contributed by atoms with Crippen molar-refractivity contribution in [2.24, 2.45) is 0 Å². The first kappa shape index (κ1) is 22.5. The summed E-state index contributed by atoms with van der Waals surface area (Å²) in [5.74, 6) is 0. The summed E-state index contributed by atoms with van der Waals surface area (Å²) in [6.45, 7) is 5.05. The second-order valence-electron chi connectivity index (χ2n) is 10.2. The standard InChI is InChI=1S/C32H34P2/c1-23-17-18-24(2)33(23)31-21-27-15-9-10-16-28(27)22-32(31)34-29(25-11-5-3-6-12-25)19-20-30(34)26-13-7-4-8-14-26/h3-16,21-24,29-30H,17-20H2,1-2H3/t23-,24?,29+,30+,33?/m1/s1. The van der Waals surface area contributed by atoms with Crippen molar-refractivity contribution in [2.45, 2.75) is 62.2 Å². The molecule has 2 fully saturated rings. The van der Waals surface area contributed by atoms with Crippen molar-refractivity contribution < 1.29 is 0 Å². The molecule has 6 rings (SSSR count). The average molecular weight is 481 g/mol. The third kappa shape index (κ3) is 4.04. The largest absolute Gasteiger partial charge is 0.0688 e. The summed E-state index contributed by atoms with van der Waals surface area (Å²) in [5.41, 5.74) is 6.03. The molecule has 5 atom stereocenters. The van der Waals surface area contributed by atoms with E-state index in [0.717, 1.165) is 11.3 Å². The highest BCUT2D eigenvalue weighted by atomic mass is 31.1. The molecule has 2 unspecified atom stereocenters. The second-order valence-corrected chi connectivity index (χ2v) is 15.8. The van der Waals surface area contributed by atoms with Crippen LogP contribution < -0.4 is 10.6 Å². The normalized spacial score (nSPS) is 27.4. The van der Waals surface area contributed by atoms with Crippen LogP contribution in [0.1, 0.15) is 62.0 Å². The molecule has 0 amide bonds. The minimum atomic E-state index is -0.352. The van der Waals surface area contributed by atoms with Crippen molar-refractivity contribution in [1.82, 2.24) is 0 Å². The van der Waals surface area contributed by atoms with Crippen molar-refractivity contribution in [3.05, 3.63) is 108 Å². The van der Waals surface area contributed by atoms with Crippen LogP contribution in [0.25, 0.3) is 10.8 Å². The van der Waals surface area contributed by atoms with Crippen molar-refractivity contribution >= 4 is 37.2 Å². The SMILES string of the molecule is CC1CC[C@@H](C)P1c1cc2ccccc2cc1P1[C@H](c2ccccc2)CC[C@H]1c1ccccc1. The summed E-state index contributed by atoms with van der Waals surface area (Å²) < 4.78 is 0. The highest BCUT2D eigenvalue weighted by molar-refractivity contribution is 7.73. The predicted molar refractivity (Wildman–Crippen MR) is 153 cm³/mol. The summed E-state index contributed by atoms with van der Waals surface area (Å²) in [6, 6.07) is 37.2. The van der Waals surface area contributed by atoms with Gasteiger partial charge in [-0.1, -0.05) is 115 Å². The molecule has 2 saturated heterocycles. The van der Waals surface area contributed by atoms with Crippen LogP contribution in [-0.4, -0.2) is 11.3 Å². The topological polar surface area (TPSA) is 0 Å². The first-order valence-electron chi connectivity index (χ1n) is 12.9. The Hall–Kier alpha value is -2.00. The Balaban J connectivity index is 1.57. The lowest BCUT2D eigenvalue weighted by Crippen LogP contribution is -2.27. The summed E-state index contributed by atoms with van der Waals surface area (Å²) >= 11 is 0. The van der Waals surface area contributed by atoms with Gasteiger partial charge in [0.1, 0.15) is 0 Å². The van der Waals surface area contributed by atoms with E-state index in [1.165, 1.54) is 36.5 Å². The molecule has 172 valence electrons. The lowest BCUT2D eigenvalue weighted by Gasteiger charge is -2.33.